The second kappa shape index (κ2) is 4.86. The van der Waals surface area contributed by atoms with Crippen LogP contribution in [0.25, 0.3) is 0 Å². The van der Waals surface area contributed by atoms with Gasteiger partial charge in [-0.3, -0.25) is 9.79 Å². The number of rotatable bonds is 1. The Kier molecular flexibility index (Phi) is 2.98. The number of esters is 1. The molecule has 1 aliphatic carbocycles. The molecule has 1 fully saturated rings. The van der Waals surface area contributed by atoms with E-state index in [9.17, 15) is 4.79 Å². The predicted molar refractivity (Wildman–Crippen MR) is 80.7 cm³/mol. The molecule has 0 amide bonds. The molecule has 0 N–H and O–H groups in total. The zero-order valence-corrected chi connectivity index (χ0v) is 12.3. The fourth-order valence-electron chi connectivity index (χ4n) is 4.07. The topological polar surface area (TPSA) is 41.9 Å². The number of carbonyl (C=O) groups excluding carboxylic acids is 1. The Balaban J connectivity index is 1.69. The number of nitrogens with zero attached hydrogens (tertiary/aromatic N) is 2. The van der Waals surface area contributed by atoms with Crippen molar-refractivity contribution in [2.24, 2.45) is 22.7 Å². The van der Waals surface area contributed by atoms with Gasteiger partial charge in [0.1, 0.15) is 0 Å². The quantitative estimate of drug-likeness (QED) is 0.694. The molecule has 3 heterocycles. The van der Waals surface area contributed by atoms with Gasteiger partial charge in [-0.2, -0.15) is 0 Å². The Morgan fingerprint density at radius 1 is 1.33 bits per heavy atom. The summed E-state index contributed by atoms with van der Waals surface area (Å²) in [6, 6.07) is 0. The van der Waals surface area contributed by atoms with Crippen LogP contribution in [0.5, 0.6) is 0 Å². The summed E-state index contributed by atoms with van der Waals surface area (Å²) < 4.78 is 4.94. The normalized spacial score (nSPS) is 33.3. The van der Waals surface area contributed by atoms with E-state index in [2.05, 4.69) is 29.2 Å². The summed E-state index contributed by atoms with van der Waals surface area (Å²) >= 11 is 0. The summed E-state index contributed by atoms with van der Waals surface area (Å²) in [4.78, 5) is 19.2. The minimum atomic E-state index is -0.0762. The van der Waals surface area contributed by atoms with E-state index in [-0.39, 0.29) is 11.9 Å². The number of ether oxygens (including phenoxy) is 1. The van der Waals surface area contributed by atoms with Crippen LogP contribution in [-0.2, 0) is 9.53 Å². The number of allylic oxidation sites excluding steroid dienone is 6. The lowest BCUT2D eigenvalue weighted by Gasteiger charge is -2.40. The Labute approximate surface area is 124 Å². The maximum absolute atomic E-state index is 11.9. The number of aliphatic imine (C=N–C) groups is 1. The first-order valence-electron chi connectivity index (χ1n) is 7.77. The van der Waals surface area contributed by atoms with Crippen LogP contribution in [0.3, 0.4) is 0 Å². The SMILES string of the molecule is COC(=O)C1CCN2CCC3C(=C2C1)N=C1C=CC=CC13. The number of methoxy groups -OCH3 is 1. The lowest BCUT2D eigenvalue weighted by molar-refractivity contribution is -0.146. The molecule has 0 radical (unpaired) electrons. The van der Waals surface area contributed by atoms with Crippen molar-refractivity contribution in [3.8, 4) is 0 Å². The maximum Gasteiger partial charge on any atom is 0.309 e. The predicted octanol–water partition coefficient (Wildman–Crippen LogP) is 2.30. The average Bonchev–Trinajstić information content (AvgIpc) is 2.92. The van der Waals surface area contributed by atoms with Crippen molar-refractivity contribution in [1.82, 2.24) is 4.90 Å². The van der Waals surface area contributed by atoms with Gasteiger partial charge in [-0.25, -0.2) is 0 Å². The second-order valence-electron chi connectivity index (χ2n) is 6.23. The summed E-state index contributed by atoms with van der Waals surface area (Å²) in [6.45, 7) is 2.04. The lowest BCUT2D eigenvalue weighted by atomic mass is 9.80. The number of fused-ring (bicyclic) bond motifs is 4. The Bertz CT molecular complexity index is 600. The van der Waals surface area contributed by atoms with E-state index in [0.717, 1.165) is 32.4 Å². The van der Waals surface area contributed by atoms with Crippen LogP contribution < -0.4 is 0 Å². The standard InChI is InChI=1S/C17H20N2O2/c1-21-17(20)11-6-8-19-9-7-13-12-4-2-3-5-14(12)18-16(13)15(19)10-11/h2-5,11-13H,6-10H2,1H3. The molecule has 0 aromatic carbocycles. The summed E-state index contributed by atoms with van der Waals surface area (Å²) in [6.07, 6.45) is 11.4. The zero-order chi connectivity index (χ0) is 14.4. The molecule has 3 unspecified atom stereocenters. The van der Waals surface area contributed by atoms with E-state index in [1.165, 1.54) is 24.2 Å². The van der Waals surface area contributed by atoms with Crippen molar-refractivity contribution < 1.29 is 9.53 Å². The summed E-state index contributed by atoms with van der Waals surface area (Å²) in [5.74, 6) is 0.871. The van der Waals surface area contributed by atoms with Crippen LogP contribution in [0.1, 0.15) is 19.3 Å². The fourth-order valence-corrected chi connectivity index (χ4v) is 4.07. The molecule has 0 bridgehead atoms. The van der Waals surface area contributed by atoms with E-state index in [1.54, 1.807) is 0 Å². The molecule has 0 spiro atoms. The van der Waals surface area contributed by atoms with Crippen molar-refractivity contribution in [2.75, 3.05) is 20.2 Å². The van der Waals surface area contributed by atoms with Gasteiger partial charge in [-0.05, 0) is 18.9 Å². The average molecular weight is 284 g/mol. The van der Waals surface area contributed by atoms with Gasteiger partial charge < -0.3 is 9.64 Å². The first-order valence-corrected chi connectivity index (χ1v) is 7.77. The third kappa shape index (κ3) is 1.96. The van der Waals surface area contributed by atoms with Gasteiger partial charge in [-0.1, -0.05) is 18.2 Å². The summed E-state index contributed by atoms with van der Waals surface area (Å²) in [5, 5.41) is 0. The third-order valence-corrected chi connectivity index (χ3v) is 5.18. The minimum absolute atomic E-state index is 0.00131. The molecule has 4 rings (SSSR count). The second-order valence-corrected chi connectivity index (χ2v) is 6.23. The van der Waals surface area contributed by atoms with Crippen LogP contribution in [0.2, 0.25) is 0 Å². The van der Waals surface area contributed by atoms with Gasteiger partial charge in [0.2, 0.25) is 0 Å². The van der Waals surface area contributed by atoms with Gasteiger partial charge in [0.05, 0.1) is 18.7 Å². The van der Waals surface area contributed by atoms with Crippen LogP contribution in [0.15, 0.2) is 40.7 Å². The molecule has 4 heteroatoms. The van der Waals surface area contributed by atoms with E-state index >= 15 is 0 Å². The van der Waals surface area contributed by atoms with Crippen molar-refractivity contribution in [1.29, 1.82) is 0 Å². The van der Waals surface area contributed by atoms with Gasteiger partial charge in [0.25, 0.3) is 0 Å². The highest BCUT2D eigenvalue weighted by atomic mass is 16.5. The highest BCUT2D eigenvalue weighted by Crippen LogP contribution is 2.44. The van der Waals surface area contributed by atoms with Crippen LogP contribution in [0, 0.1) is 17.8 Å². The molecular weight excluding hydrogens is 264 g/mol. The monoisotopic (exact) mass is 284 g/mol. The maximum atomic E-state index is 11.9. The van der Waals surface area contributed by atoms with Crippen LogP contribution in [0.4, 0.5) is 0 Å². The smallest absolute Gasteiger partial charge is 0.309 e. The van der Waals surface area contributed by atoms with E-state index in [4.69, 9.17) is 9.73 Å². The highest BCUT2D eigenvalue weighted by molar-refractivity contribution is 6.02. The van der Waals surface area contributed by atoms with Crippen molar-refractivity contribution in [3.05, 3.63) is 35.7 Å². The van der Waals surface area contributed by atoms with E-state index < -0.39 is 0 Å². The Morgan fingerprint density at radius 2 is 2.19 bits per heavy atom. The lowest BCUT2D eigenvalue weighted by Crippen LogP contribution is -2.40. The summed E-state index contributed by atoms with van der Waals surface area (Å²) in [5.41, 5.74) is 3.70. The van der Waals surface area contributed by atoms with Gasteiger partial charge >= 0.3 is 5.97 Å². The Morgan fingerprint density at radius 3 is 3.05 bits per heavy atom. The van der Waals surface area contributed by atoms with Gasteiger partial charge in [0.15, 0.2) is 0 Å². The molecule has 110 valence electrons. The number of piperidine rings is 1. The molecule has 3 aliphatic heterocycles. The largest absolute Gasteiger partial charge is 0.469 e. The molecule has 0 aromatic heterocycles. The zero-order valence-electron chi connectivity index (χ0n) is 12.3. The molecule has 21 heavy (non-hydrogen) atoms. The molecule has 1 saturated heterocycles. The van der Waals surface area contributed by atoms with Crippen LogP contribution >= 0.6 is 0 Å². The Hall–Kier alpha value is -1.84. The van der Waals surface area contributed by atoms with Crippen molar-refractivity contribution in [3.63, 3.8) is 0 Å². The number of hydrogen-bond acceptors (Lipinski definition) is 4. The first kappa shape index (κ1) is 12.9. The summed E-state index contributed by atoms with van der Waals surface area (Å²) in [7, 11) is 1.48. The molecule has 0 aromatic rings. The molecule has 3 atom stereocenters. The fraction of sp³-hybridized carbons (Fsp3) is 0.529. The number of hydrogen-bond donors (Lipinski definition) is 0. The van der Waals surface area contributed by atoms with Crippen LogP contribution in [-0.4, -0.2) is 36.8 Å². The molecule has 4 nitrogen and oxygen atoms in total. The third-order valence-electron chi connectivity index (χ3n) is 5.18. The minimum Gasteiger partial charge on any atom is -0.469 e. The van der Waals surface area contributed by atoms with E-state index in [0.29, 0.717) is 11.8 Å². The highest BCUT2D eigenvalue weighted by Gasteiger charge is 2.41. The molecule has 0 saturated carbocycles. The molecule has 4 aliphatic rings. The van der Waals surface area contributed by atoms with E-state index in [1.807, 2.05) is 0 Å². The number of carbonyl (C=O) groups is 1. The van der Waals surface area contributed by atoms with Gasteiger partial charge in [0, 0.05) is 42.8 Å². The first-order chi connectivity index (χ1) is 10.3. The van der Waals surface area contributed by atoms with Crippen molar-refractivity contribution in [2.45, 2.75) is 19.3 Å². The van der Waals surface area contributed by atoms with Crippen molar-refractivity contribution >= 4 is 11.7 Å². The van der Waals surface area contributed by atoms with Gasteiger partial charge in [-0.15, -0.1) is 0 Å². The molecular formula is C17H20N2O2.